The highest BCUT2D eigenvalue weighted by Gasteiger charge is 2.13. The van der Waals surface area contributed by atoms with E-state index in [1.807, 2.05) is 54.7 Å². The van der Waals surface area contributed by atoms with Crippen molar-refractivity contribution in [2.75, 3.05) is 0 Å². The number of carboxylic acids is 1. The lowest BCUT2D eigenvalue weighted by molar-refractivity contribution is -0.136. The third-order valence-corrected chi connectivity index (χ3v) is 6.65. The molecule has 5 rings (SSSR count). The van der Waals surface area contributed by atoms with Crippen molar-refractivity contribution in [1.29, 1.82) is 0 Å². The molecule has 4 aromatic carbocycles. The first-order valence-electron chi connectivity index (χ1n) is 12.1. The van der Waals surface area contributed by atoms with Gasteiger partial charge in [-0.05, 0) is 77.1 Å². The Morgan fingerprint density at radius 3 is 2.36 bits per heavy atom. The van der Waals surface area contributed by atoms with Gasteiger partial charge in [0.15, 0.2) is 0 Å². The van der Waals surface area contributed by atoms with E-state index in [1.165, 1.54) is 22.3 Å². The second kappa shape index (κ2) is 10.1. The molecule has 0 aliphatic heterocycles. The Morgan fingerprint density at radius 1 is 0.806 bits per heavy atom. The van der Waals surface area contributed by atoms with Crippen LogP contribution in [-0.2, 0) is 24.4 Å². The Kier molecular flexibility index (Phi) is 6.59. The molecule has 1 aromatic heterocycles. The molecule has 0 unspecified atom stereocenters. The van der Waals surface area contributed by atoms with Crippen LogP contribution in [0.5, 0.6) is 5.75 Å². The van der Waals surface area contributed by atoms with E-state index in [2.05, 4.69) is 60.9 Å². The second-order valence-electron chi connectivity index (χ2n) is 9.31. The second-order valence-corrected chi connectivity index (χ2v) is 9.31. The van der Waals surface area contributed by atoms with Crippen LogP contribution in [0.1, 0.15) is 27.8 Å². The van der Waals surface area contributed by atoms with E-state index in [0.29, 0.717) is 13.2 Å². The van der Waals surface area contributed by atoms with Crippen molar-refractivity contribution >= 4 is 16.9 Å². The average Bonchev–Trinajstić information content (AvgIpc) is 3.20. The highest BCUT2D eigenvalue weighted by molar-refractivity contribution is 5.88. The molecule has 1 heterocycles. The molecule has 4 nitrogen and oxygen atoms in total. The first kappa shape index (κ1) is 23.4. The number of aliphatic carboxylic acids is 1. The molecule has 0 amide bonds. The molecule has 5 aromatic rings. The maximum absolute atomic E-state index is 11.6. The summed E-state index contributed by atoms with van der Waals surface area (Å²) in [6.45, 7) is 5.38. The monoisotopic (exact) mass is 475 g/mol. The molecule has 0 radical (unpaired) electrons. The minimum atomic E-state index is -0.846. The van der Waals surface area contributed by atoms with Gasteiger partial charge in [-0.15, -0.1) is 0 Å². The molecule has 0 saturated heterocycles. The van der Waals surface area contributed by atoms with Crippen molar-refractivity contribution < 1.29 is 14.6 Å². The van der Waals surface area contributed by atoms with Crippen LogP contribution in [-0.4, -0.2) is 15.6 Å². The van der Waals surface area contributed by atoms with Crippen LogP contribution >= 0.6 is 0 Å². The van der Waals surface area contributed by atoms with Crippen LogP contribution in [0.4, 0.5) is 0 Å². The van der Waals surface area contributed by atoms with E-state index in [9.17, 15) is 9.90 Å². The standard InChI is InChI=1S/C32H29NO3/c1-22-11-12-27(15-23(22)2)26-10-6-9-25(16-26)19-33-20-28(17-32(34)35)30-18-29(13-14-31(30)33)36-21-24-7-4-3-5-8-24/h3-16,18,20H,17,19,21H2,1-2H3,(H,34,35). The average molecular weight is 476 g/mol. The van der Waals surface area contributed by atoms with E-state index in [1.54, 1.807) is 0 Å². The number of fused-ring (bicyclic) bond motifs is 1. The normalized spacial score (nSPS) is 11.1. The number of hydrogen-bond acceptors (Lipinski definition) is 2. The van der Waals surface area contributed by atoms with Gasteiger partial charge in [-0.3, -0.25) is 4.79 Å². The minimum absolute atomic E-state index is 0.0334. The lowest BCUT2D eigenvalue weighted by Crippen LogP contribution is -2.00. The van der Waals surface area contributed by atoms with Gasteiger partial charge >= 0.3 is 5.97 Å². The summed E-state index contributed by atoms with van der Waals surface area (Å²) in [6.07, 6.45) is 1.93. The first-order valence-corrected chi connectivity index (χ1v) is 12.1. The number of hydrogen-bond donors (Lipinski definition) is 1. The summed E-state index contributed by atoms with van der Waals surface area (Å²) in [4.78, 5) is 11.6. The summed E-state index contributed by atoms with van der Waals surface area (Å²) in [7, 11) is 0. The fraction of sp³-hybridized carbons (Fsp3) is 0.156. The van der Waals surface area contributed by atoms with Gasteiger partial charge in [0.2, 0.25) is 0 Å². The zero-order valence-corrected chi connectivity index (χ0v) is 20.6. The Hall–Kier alpha value is -4.31. The quantitative estimate of drug-likeness (QED) is 0.259. The summed E-state index contributed by atoms with van der Waals surface area (Å²) in [6, 6.07) is 31.0. The van der Waals surface area contributed by atoms with Gasteiger partial charge in [-0.2, -0.15) is 0 Å². The number of carbonyl (C=O) groups is 1. The van der Waals surface area contributed by atoms with Crippen molar-refractivity contribution in [3.05, 3.63) is 125 Å². The van der Waals surface area contributed by atoms with Gasteiger partial charge in [-0.1, -0.05) is 66.7 Å². The van der Waals surface area contributed by atoms with E-state index in [4.69, 9.17) is 4.74 Å². The molecule has 0 spiro atoms. The Bertz CT molecular complexity index is 1530. The highest BCUT2D eigenvalue weighted by Crippen LogP contribution is 2.29. The highest BCUT2D eigenvalue weighted by atomic mass is 16.5. The summed E-state index contributed by atoms with van der Waals surface area (Å²) in [5, 5.41) is 10.4. The molecule has 0 saturated carbocycles. The summed E-state index contributed by atoms with van der Waals surface area (Å²) < 4.78 is 8.15. The van der Waals surface area contributed by atoms with Gasteiger partial charge < -0.3 is 14.4 Å². The summed E-state index contributed by atoms with van der Waals surface area (Å²) >= 11 is 0. The predicted octanol–water partition coefficient (Wildman–Crippen LogP) is 7.18. The van der Waals surface area contributed by atoms with E-state index >= 15 is 0 Å². The van der Waals surface area contributed by atoms with E-state index in [-0.39, 0.29) is 6.42 Å². The molecule has 180 valence electrons. The molecular weight excluding hydrogens is 446 g/mol. The SMILES string of the molecule is Cc1ccc(-c2cccc(Cn3cc(CC(=O)O)c4cc(OCc5ccccc5)ccc43)c2)cc1C. The third-order valence-electron chi connectivity index (χ3n) is 6.65. The topological polar surface area (TPSA) is 51.5 Å². The lowest BCUT2D eigenvalue weighted by Gasteiger charge is -2.10. The zero-order valence-electron chi connectivity index (χ0n) is 20.6. The molecule has 0 aliphatic rings. The number of aryl methyl sites for hydroxylation is 2. The molecular formula is C32H29NO3. The maximum atomic E-state index is 11.6. The Balaban J connectivity index is 1.44. The zero-order chi connectivity index (χ0) is 25.1. The van der Waals surface area contributed by atoms with Gasteiger partial charge in [0, 0.05) is 23.6 Å². The van der Waals surface area contributed by atoms with Crippen molar-refractivity contribution in [1.82, 2.24) is 4.57 Å². The number of rotatable bonds is 8. The molecule has 0 bridgehead atoms. The van der Waals surface area contributed by atoms with Crippen LogP contribution in [0.15, 0.2) is 97.2 Å². The molecule has 0 aliphatic carbocycles. The molecule has 0 fully saturated rings. The van der Waals surface area contributed by atoms with Crippen LogP contribution < -0.4 is 4.74 Å². The number of aromatic nitrogens is 1. The minimum Gasteiger partial charge on any atom is -0.489 e. The third kappa shape index (κ3) is 5.18. The van der Waals surface area contributed by atoms with Crippen LogP contribution in [0, 0.1) is 13.8 Å². The van der Waals surface area contributed by atoms with Crippen molar-refractivity contribution in [3.63, 3.8) is 0 Å². The fourth-order valence-corrected chi connectivity index (χ4v) is 4.58. The molecule has 4 heteroatoms. The van der Waals surface area contributed by atoms with Crippen molar-refractivity contribution in [2.45, 2.75) is 33.4 Å². The first-order chi connectivity index (χ1) is 17.5. The number of benzene rings is 4. The Labute approximate surface area is 211 Å². The smallest absolute Gasteiger partial charge is 0.307 e. The van der Waals surface area contributed by atoms with Crippen LogP contribution in [0.3, 0.4) is 0 Å². The molecule has 36 heavy (non-hydrogen) atoms. The van der Waals surface area contributed by atoms with Gasteiger partial charge in [0.1, 0.15) is 12.4 Å². The van der Waals surface area contributed by atoms with Gasteiger partial charge in [0.05, 0.1) is 6.42 Å². The number of nitrogens with zero attached hydrogens (tertiary/aromatic N) is 1. The van der Waals surface area contributed by atoms with Crippen LogP contribution in [0.25, 0.3) is 22.0 Å². The van der Waals surface area contributed by atoms with Crippen LogP contribution in [0.2, 0.25) is 0 Å². The van der Waals surface area contributed by atoms with Crippen molar-refractivity contribution in [3.8, 4) is 16.9 Å². The van der Waals surface area contributed by atoms with Gasteiger partial charge in [-0.25, -0.2) is 0 Å². The summed E-state index contributed by atoms with van der Waals surface area (Å²) in [5.74, 6) is -0.117. The lowest BCUT2D eigenvalue weighted by atomic mass is 9.99. The van der Waals surface area contributed by atoms with E-state index in [0.717, 1.165) is 33.3 Å². The summed E-state index contributed by atoms with van der Waals surface area (Å²) in [5.41, 5.74) is 8.96. The largest absolute Gasteiger partial charge is 0.489 e. The number of ether oxygens (including phenoxy) is 1. The van der Waals surface area contributed by atoms with Gasteiger partial charge in [0.25, 0.3) is 0 Å². The predicted molar refractivity (Wildman–Crippen MR) is 145 cm³/mol. The fourth-order valence-electron chi connectivity index (χ4n) is 4.58. The molecule has 1 N–H and O–H groups in total. The molecule has 0 atom stereocenters. The Morgan fingerprint density at radius 2 is 1.58 bits per heavy atom. The number of carboxylic acid groups (broad SMARTS) is 1. The van der Waals surface area contributed by atoms with E-state index < -0.39 is 5.97 Å². The van der Waals surface area contributed by atoms with Crippen molar-refractivity contribution in [2.24, 2.45) is 0 Å². The maximum Gasteiger partial charge on any atom is 0.307 e.